The minimum Gasteiger partial charge on any atom is -0.493 e. The molecule has 0 amide bonds. The normalized spacial score (nSPS) is 41.9. The molecule has 17 nitrogen and oxygen atoms in total. The third-order valence-corrected chi connectivity index (χ3v) is 13.7. The number of carbonyl (C=O) groups is 2. The Morgan fingerprint density at radius 2 is 1.58 bits per heavy atom. The molecule has 0 spiro atoms. The van der Waals surface area contributed by atoms with Gasteiger partial charge in [0.25, 0.3) is 0 Å². The standard InChI is InChI=1S/C48H80N2O15/c1-15-36-48(11,56)41(53)29(4)38(49-59-23-19-22-58-34-20-17-16-18-21-34)27(2)25-46(9,55)42(65-45-39(52)35(50(12)13)24-28(3)60-45)30(5)40(31(6)44(54)63-36)64-37-26-47(10,57-14)43(32(7)61-37)62-33(8)51/h16-18,20-21,27-32,35-37,39-43,45,52-53,55-56H,15,19,22-26H2,1-14H3/b49-38+/t27-,28-,29-,30+,31-,32+,35+,36+,37+,39-,40+,41-,42-,43+,45+,46?,47-,48-/m1/s1. The van der Waals surface area contributed by atoms with Crippen LogP contribution < -0.4 is 4.74 Å². The van der Waals surface area contributed by atoms with Crippen LogP contribution in [0.2, 0.25) is 0 Å². The Morgan fingerprint density at radius 3 is 2.18 bits per heavy atom. The lowest BCUT2D eigenvalue weighted by atomic mass is 9.73. The van der Waals surface area contributed by atoms with Crippen molar-refractivity contribution in [3.05, 3.63) is 30.3 Å². The first-order valence-corrected chi connectivity index (χ1v) is 23.3. The van der Waals surface area contributed by atoms with E-state index < -0.39 is 108 Å². The Hall–Kier alpha value is -2.97. The van der Waals surface area contributed by atoms with Gasteiger partial charge in [-0.3, -0.25) is 9.59 Å². The van der Waals surface area contributed by atoms with Crippen LogP contribution in [0, 0.1) is 23.7 Å². The number of benzene rings is 1. The van der Waals surface area contributed by atoms with Gasteiger partial charge in [0.1, 0.15) is 35.8 Å². The van der Waals surface area contributed by atoms with E-state index in [0.29, 0.717) is 25.2 Å². The van der Waals surface area contributed by atoms with E-state index in [1.54, 1.807) is 48.5 Å². The third-order valence-electron chi connectivity index (χ3n) is 13.7. The maximum Gasteiger partial charge on any atom is 0.311 e. The summed E-state index contributed by atoms with van der Waals surface area (Å²) < 4.78 is 49.8. The van der Waals surface area contributed by atoms with Crippen molar-refractivity contribution in [3.63, 3.8) is 0 Å². The van der Waals surface area contributed by atoms with Gasteiger partial charge in [-0.2, -0.15) is 0 Å². The molecule has 18 atom stereocenters. The highest BCUT2D eigenvalue weighted by Gasteiger charge is 2.54. The quantitative estimate of drug-likeness (QED) is 0.114. The van der Waals surface area contributed by atoms with Crippen LogP contribution in [-0.4, -0.2) is 162 Å². The first-order chi connectivity index (χ1) is 30.4. The number of ether oxygens (including phenoxy) is 8. The number of nitrogens with zero attached hydrogens (tertiary/aromatic N) is 2. The van der Waals surface area contributed by atoms with Crippen LogP contribution in [0.15, 0.2) is 35.5 Å². The van der Waals surface area contributed by atoms with Crippen LogP contribution in [0.25, 0.3) is 0 Å². The zero-order valence-electron chi connectivity index (χ0n) is 41.2. The molecule has 0 aromatic heterocycles. The predicted molar refractivity (Wildman–Crippen MR) is 241 cm³/mol. The maximum atomic E-state index is 14.5. The summed E-state index contributed by atoms with van der Waals surface area (Å²) in [5, 5.41) is 53.3. The Balaban J connectivity index is 1.81. The van der Waals surface area contributed by atoms with Crippen LogP contribution in [0.4, 0.5) is 0 Å². The number of esters is 2. The summed E-state index contributed by atoms with van der Waals surface area (Å²) in [7, 11) is 5.23. The Kier molecular flexibility index (Phi) is 19.6. The molecule has 3 heterocycles. The molecule has 17 heteroatoms. The number of likely N-dealkylation sites (N-methyl/N-ethyl adjacent to an activating group) is 1. The summed E-state index contributed by atoms with van der Waals surface area (Å²) in [5.41, 5.74) is -4.48. The van der Waals surface area contributed by atoms with Gasteiger partial charge in [-0.15, -0.1) is 0 Å². The number of hydrogen-bond donors (Lipinski definition) is 4. The molecule has 372 valence electrons. The first kappa shape index (κ1) is 54.6. The summed E-state index contributed by atoms with van der Waals surface area (Å²) in [6.45, 7) is 19.0. The number of rotatable bonds is 14. The van der Waals surface area contributed by atoms with Crippen molar-refractivity contribution in [2.24, 2.45) is 28.8 Å². The van der Waals surface area contributed by atoms with Crippen molar-refractivity contribution < 1.29 is 72.7 Å². The summed E-state index contributed by atoms with van der Waals surface area (Å²) in [5.74, 6) is -3.96. The second-order valence-electron chi connectivity index (χ2n) is 19.5. The largest absolute Gasteiger partial charge is 0.493 e. The van der Waals surface area contributed by atoms with E-state index in [4.69, 9.17) is 42.7 Å². The third kappa shape index (κ3) is 13.6. The van der Waals surface area contributed by atoms with Gasteiger partial charge in [0.05, 0.1) is 54.4 Å². The fourth-order valence-electron chi connectivity index (χ4n) is 9.93. The van der Waals surface area contributed by atoms with Gasteiger partial charge in [-0.05, 0) is 87.0 Å². The summed E-state index contributed by atoms with van der Waals surface area (Å²) in [4.78, 5) is 34.4. The number of oxime groups is 1. The van der Waals surface area contributed by atoms with Crippen LogP contribution in [0.3, 0.4) is 0 Å². The van der Waals surface area contributed by atoms with Gasteiger partial charge in [0, 0.05) is 50.7 Å². The van der Waals surface area contributed by atoms with E-state index in [-0.39, 0.29) is 38.0 Å². The Bertz CT molecular complexity index is 1680. The first-order valence-electron chi connectivity index (χ1n) is 23.3. The highest BCUT2D eigenvalue weighted by atomic mass is 16.7. The zero-order chi connectivity index (χ0) is 48.6. The number of aliphatic hydroxyl groups excluding tert-OH is 2. The topological polar surface area (TPSA) is 214 Å². The molecule has 3 aliphatic rings. The molecule has 1 aromatic carbocycles. The second kappa shape index (κ2) is 23.4. The van der Waals surface area contributed by atoms with E-state index in [1.165, 1.54) is 21.0 Å². The predicted octanol–water partition coefficient (Wildman–Crippen LogP) is 4.63. The molecule has 0 radical (unpaired) electrons. The maximum absolute atomic E-state index is 14.5. The fourth-order valence-corrected chi connectivity index (χ4v) is 9.93. The molecular weight excluding hydrogens is 845 g/mol. The average molecular weight is 925 g/mol. The smallest absolute Gasteiger partial charge is 0.311 e. The average Bonchev–Trinajstić information content (AvgIpc) is 3.24. The molecule has 1 aromatic rings. The molecular formula is C48H80N2O15. The Morgan fingerprint density at radius 1 is 0.923 bits per heavy atom. The molecule has 3 saturated heterocycles. The summed E-state index contributed by atoms with van der Waals surface area (Å²) in [6.07, 6.45) is -8.97. The van der Waals surface area contributed by atoms with E-state index >= 15 is 0 Å². The number of cyclic esters (lactones) is 1. The van der Waals surface area contributed by atoms with Crippen molar-refractivity contribution in [1.29, 1.82) is 0 Å². The molecule has 0 aliphatic carbocycles. The molecule has 3 aliphatic heterocycles. The van der Waals surface area contributed by atoms with Crippen LogP contribution in [-0.2, 0) is 47.6 Å². The van der Waals surface area contributed by atoms with E-state index in [9.17, 15) is 30.0 Å². The molecule has 3 fully saturated rings. The van der Waals surface area contributed by atoms with E-state index in [1.807, 2.05) is 63.2 Å². The second-order valence-corrected chi connectivity index (χ2v) is 19.5. The van der Waals surface area contributed by atoms with Gasteiger partial charge in [-0.25, -0.2) is 0 Å². The Labute approximate surface area is 386 Å². The molecule has 4 rings (SSSR count). The zero-order valence-corrected chi connectivity index (χ0v) is 41.2. The van der Waals surface area contributed by atoms with Crippen LogP contribution >= 0.6 is 0 Å². The minimum atomic E-state index is -1.98. The van der Waals surface area contributed by atoms with Gasteiger partial charge < -0.3 is 68.1 Å². The van der Waals surface area contributed by atoms with Crippen molar-refractivity contribution in [3.8, 4) is 5.75 Å². The lowest BCUT2D eigenvalue weighted by Crippen LogP contribution is -2.61. The van der Waals surface area contributed by atoms with E-state index in [0.717, 1.165) is 5.75 Å². The highest BCUT2D eigenvalue weighted by molar-refractivity contribution is 5.88. The van der Waals surface area contributed by atoms with Gasteiger partial charge in [0.15, 0.2) is 18.7 Å². The lowest BCUT2D eigenvalue weighted by molar-refractivity contribution is -0.318. The summed E-state index contributed by atoms with van der Waals surface area (Å²) in [6, 6.07) is 9.05. The van der Waals surface area contributed by atoms with Crippen molar-refractivity contribution in [2.45, 2.75) is 193 Å². The lowest BCUT2D eigenvalue weighted by Gasteiger charge is -2.49. The fraction of sp³-hybridized carbons (Fsp3) is 0.812. The van der Waals surface area contributed by atoms with Crippen molar-refractivity contribution in [1.82, 2.24) is 4.90 Å². The van der Waals surface area contributed by atoms with Crippen LogP contribution in [0.1, 0.15) is 108 Å². The molecule has 0 saturated carbocycles. The van der Waals surface area contributed by atoms with Gasteiger partial charge in [0.2, 0.25) is 0 Å². The molecule has 4 N–H and O–H groups in total. The van der Waals surface area contributed by atoms with E-state index in [2.05, 4.69) is 5.16 Å². The molecule has 0 bridgehead atoms. The number of para-hydroxylation sites is 1. The highest BCUT2D eigenvalue weighted by Crippen LogP contribution is 2.41. The van der Waals surface area contributed by atoms with Crippen molar-refractivity contribution in [2.75, 3.05) is 34.4 Å². The van der Waals surface area contributed by atoms with Crippen LogP contribution in [0.5, 0.6) is 5.75 Å². The van der Waals surface area contributed by atoms with Crippen molar-refractivity contribution >= 4 is 17.7 Å². The van der Waals surface area contributed by atoms with Gasteiger partial charge in [-0.1, -0.05) is 51.0 Å². The number of aliphatic hydroxyl groups is 4. The minimum absolute atomic E-state index is 0.0263. The number of carbonyl (C=O) groups excluding carboxylic acids is 2. The molecule has 1 unspecified atom stereocenters. The summed E-state index contributed by atoms with van der Waals surface area (Å²) >= 11 is 0. The number of methoxy groups -OCH3 is 1. The SMILES string of the molecule is CC[C@@H]1OC(=O)[C@H](C)[C@@H](O[C@H]2C[C@@](C)(OC)[C@@H](OC(C)=O)[C@H](C)O2)[C@H](C)[C@@H](O[C@@H]2O[C@H](C)C[C@H](N(C)C)[C@H]2O)C(C)(O)C[C@@H](C)/C(=N\OCCCOc2ccccc2)[C@@H](C)[C@@H](O)[C@]1(C)O. The monoisotopic (exact) mass is 925 g/mol. The molecule has 65 heavy (non-hydrogen) atoms. The van der Waals surface area contributed by atoms with Gasteiger partial charge >= 0.3 is 11.9 Å². The number of hydrogen-bond acceptors (Lipinski definition) is 17.